The molecule has 2 aromatic rings. The molecule has 0 heterocycles. The SMILES string of the molecule is CC(C)c1cccc(NC(N)=NCc2cccc(COCC(F)(F)F)c2)c1.I. The van der Waals surface area contributed by atoms with Gasteiger partial charge in [0.1, 0.15) is 6.61 Å². The van der Waals surface area contributed by atoms with Gasteiger partial charge in [-0.05, 0) is 34.7 Å². The van der Waals surface area contributed by atoms with Crippen molar-refractivity contribution >= 4 is 35.6 Å². The molecule has 3 N–H and O–H groups in total. The lowest BCUT2D eigenvalue weighted by atomic mass is 10.0. The Hall–Kier alpha value is -1.81. The second-order valence-corrected chi connectivity index (χ2v) is 6.53. The van der Waals surface area contributed by atoms with Crippen LogP contribution in [0, 0.1) is 0 Å². The molecule has 0 amide bonds. The Kier molecular flexibility index (Phi) is 9.74. The topological polar surface area (TPSA) is 59.6 Å². The van der Waals surface area contributed by atoms with E-state index in [0.717, 1.165) is 11.3 Å². The second-order valence-electron chi connectivity index (χ2n) is 6.53. The predicted molar refractivity (Wildman–Crippen MR) is 117 cm³/mol. The van der Waals surface area contributed by atoms with Crippen LogP contribution in [0.15, 0.2) is 53.5 Å². The lowest BCUT2D eigenvalue weighted by molar-refractivity contribution is -0.176. The summed E-state index contributed by atoms with van der Waals surface area (Å²) in [6.07, 6.45) is -4.32. The third-order valence-electron chi connectivity index (χ3n) is 3.78. The molecule has 0 aliphatic rings. The lowest BCUT2D eigenvalue weighted by Gasteiger charge is -2.10. The molecule has 0 aliphatic carbocycles. The summed E-state index contributed by atoms with van der Waals surface area (Å²) in [6.45, 7) is 3.17. The standard InChI is InChI=1S/C20H24F3N3O.HI/c1-14(2)17-7-4-8-18(10-17)26-19(24)25-11-15-5-3-6-16(9-15)12-27-13-20(21,22)23;/h3-10,14H,11-13H2,1-2H3,(H3,24,25,26);1H. The zero-order valence-corrected chi connectivity index (χ0v) is 18.1. The molecule has 0 aliphatic heterocycles. The Morgan fingerprint density at radius 2 is 1.79 bits per heavy atom. The first-order valence-electron chi connectivity index (χ1n) is 8.62. The van der Waals surface area contributed by atoms with Crippen LogP contribution in [0.2, 0.25) is 0 Å². The van der Waals surface area contributed by atoms with Gasteiger partial charge in [-0.3, -0.25) is 0 Å². The lowest BCUT2D eigenvalue weighted by Crippen LogP contribution is -2.22. The fourth-order valence-corrected chi connectivity index (χ4v) is 2.44. The maximum Gasteiger partial charge on any atom is 0.411 e. The first-order chi connectivity index (χ1) is 12.7. The van der Waals surface area contributed by atoms with Gasteiger partial charge in [0.2, 0.25) is 0 Å². The number of anilines is 1. The Labute approximate surface area is 180 Å². The molecule has 0 radical (unpaired) electrons. The fraction of sp³-hybridized carbons (Fsp3) is 0.350. The van der Waals surface area contributed by atoms with Gasteiger partial charge < -0.3 is 15.8 Å². The van der Waals surface area contributed by atoms with Crippen molar-refractivity contribution in [3.63, 3.8) is 0 Å². The minimum Gasteiger partial charge on any atom is -0.370 e. The average Bonchev–Trinajstić information content (AvgIpc) is 2.59. The number of hydrogen-bond acceptors (Lipinski definition) is 2. The van der Waals surface area contributed by atoms with E-state index in [9.17, 15) is 13.2 Å². The summed E-state index contributed by atoms with van der Waals surface area (Å²) in [4.78, 5) is 4.29. The van der Waals surface area contributed by atoms with Gasteiger partial charge in [-0.2, -0.15) is 13.2 Å². The van der Waals surface area contributed by atoms with E-state index in [0.29, 0.717) is 18.0 Å². The van der Waals surface area contributed by atoms with Crippen molar-refractivity contribution in [2.75, 3.05) is 11.9 Å². The molecule has 0 unspecified atom stereocenters. The molecule has 154 valence electrons. The van der Waals surface area contributed by atoms with Crippen molar-refractivity contribution < 1.29 is 17.9 Å². The van der Waals surface area contributed by atoms with E-state index in [-0.39, 0.29) is 36.5 Å². The molecule has 2 aromatic carbocycles. The van der Waals surface area contributed by atoms with E-state index in [1.165, 1.54) is 5.56 Å². The fourth-order valence-electron chi connectivity index (χ4n) is 2.44. The first-order valence-corrected chi connectivity index (χ1v) is 8.62. The van der Waals surface area contributed by atoms with E-state index >= 15 is 0 Å². The number of nitrogens with one attached hydrogen (secondary N) is 1. The zero-order valence-electron chi connectivity index (χ0n) is 15.8. The summed E-state index contributed by atoms with van der Waals surface area (Å²) in [5.74, 6) is 0.682. The Morgan fingerprint density at radius 3 is 2.46 bits per heavy atom. The van der Waals surface area contributed by atoms with Crippen molar-refractivity contribution in [3.05, 3.63) is 65.2 Å². The molecule has 2 rings (SSSR count). The van der Waals surface area contributed by atoms with Gasteiger partial charge in [-0.25, -0.2) is 4.99 Å². The largest absolute Gasteiger partial charge is 0.411 e. The zero-order chi connectivity index (χ0) is 19.9. The minimum absolute atomic E-state index is 0. The smallest absolute Gasteiger partial charge is 0.370 e. The number of aliphatic imine (C=N–C) groups is 1. The highest BCUT2D eigenvalue weighted by molar-refractivity contribution is 14.0. The molecule has 0 aromatic heterocycles. The van der Waals surface area contributed by atoms with Gasteiger partial charge in [0.05, 0.1) is 13.2 Å². The van der Waals surface area contributed by atoms with E-state index < -0.39 is 12.8 Å². The van der Waals surface area contributed by atoms with Crippen LogP contribution in [0.3, 0.4) is 0 Å². The summed E-state index contributed by atoms with van der Waals surface area (Å²) in [7, 11) is 0. The molecule has 0 saturated heterocycles. The summed E-state index contributed by atoms with van der Waals surface area (Å²) < 4.78 is 41.1. The third kappa shape index (κ3) is 8.92. The van der Waals surface area contributed by atoms with Gasteiger partial charge in [0, 0.05) is 5.69 Å². The number of benzene rings is 2. The van der Waals surface area contributed by atoms with Gasteiger partial charge in [-0.1, -0.05) is 50.2 Å². The molecule has 0 saturated carbocycles. The molecule has 0 atom stereocenters. The monoisotopic (exact) mass is 507 g/mol. The number of halogens is 4. The van der Waals surface area contributed by atoms with Crippen LogP contribution >= 0.6 is 24.0 Å². The van der Waals surface area contributed by atoms with E-state index in [2.05, 4.69) is 35.0 Å². The van der Waals surface area contributed by atoms with Crippen molar-refractivity contribution in [3.8, 4) is 0 Å². The normalized spacial score (nSPS) is 12.0. The number of guanidine groups is 1. The van der Waals surface area contributed by atoms with Crippen LogP contribution in [0.4, 0.5) is 18.9 Å². The molecule has 0 bridgehead atoms. The highest BCUT2D eigenvalue weighted by atomic mass is 127. The summed E-state index contributed by atoms with van der Waals surface area (Å²) >= 11 is 0. The summed E-state index contributed by atoms with van der Waals surface area (Å²) in [5.41, 5.74) is 9.48. The molecule has 8 heteroatoms. The Balaban J connectivity index is 0.00000392. The van der Waals surface area contributed by atoms with Crippen LogP contribution < -0.4 is 11.1 Å². The first kappa shape index (κ1) is 24.2. The van der Waals surface area contributed by atoms with Crippen LogP contribution in [0.5, 0.6) is 0 Å². The van der Waals surface area contributed by atoms with Crippen molar-refractivity contribution in [2.24, 2.45) is 10.7 Å². The van der Waals surface area contributed by atoms with Gasteiger partial charge in [-0.15, -0.1) is 24.0 Å². The predicted octanol–water partition coefficient (Wildman–Crippen LogP) is 5.43. The number of nitrogens with two attached hydrogens (primary N) is 1. The second kappa shape index (κ2) is 11.3. The van der Waals surface area contributed by atoms with Gasteiger partial charge in [0.15, 0.2) is 5.96 Å². The van der Waals surface area contributed by atoms with Gasteiger partial charge in [0.25, 0.3) is 0 Å². The molecule has 0 spiro atoms. The van der Waals surface area contributed by atoms with Crippen LogP contribution in [0.1, 0.15) is 36.5 Å². The third-order valence-corrected chi connectivity index (χ3v) is 3.78. The van der Waals surface area contributed by atoms with Crippen LogP contribution in [-0.4, -0.2) is 18.7 Å². The molecular formula is C20H25F3IN3O. The van der Waals surface area contributed by atoms with E-state index in [4.69, 9.17) is 5.73 Å². The van der Waals surface area contributed by atoms with Crippen LogP contribution in [-0.2, 0) is 17.9 Å². The molecule has 28 heavy (non-hydrogen) atoms. The number of ether oxygens (including phenoxy) is 1. The van der Waals surface area contributed by atoms with E-state index in [1.807, 2.05) is 24.3 Å². The van der Waals surface area contributed by atoms with Gasteiger partial charge >= 0.3 is 6.18 Å². The molecule has 0 fully saturated rings. The van der Waals surface area contributed by atoms with Crippen molar-refractivity contribution in [1.82, 2.24) is 0 Å². The van der Waals surface area contributed by atoms with Crippen LogP contribution in [0.25, 0.3) is 0 Å². The summed E-state index contributed by atoms with van der Waals surface area (Å²) in [5, 5.41) is 3.05. The summed E-state index contributed by atoms with van der Waals surface area (Å²) in [6, 6.07) is 15.0. The number of hydrogen-bond donors (Lipinski definition) is 2. The Morgan fingerprint density at radius 1 is 1.11 bits per heavy atom. The minimum atomic E-state index is -4.32. The molecule has 4 nitrogen and oxygen atoms in total. The van der Waals surface area contributed by atoms with Crippen molar-refractivity contribution in [1.29, 1.82) is 0 Å². The maximum atomic E-state index is 12.1. The Bertz CT molecular complexity index is 779. The quantitative estimate of drug-likeness (QED) is 0.299. The van der Waals surface area contributed by atoms with Crippen molar-refractivity contribution in [2.45, 2.75) is 39.1 Å². The highest BCUT2D eigenvalue weighted by Crippen LogP contribution is 2.18. The highest BCUT2D eigenvalue weighted by Gasteiger charge is 2.27. The average molecular weight is 507 g/mol. The van der Waals surface area contributed by atoms with E-state index in [1.54, 1.807) is 18.2 Å². The molecular weight excluding hydrogens is 482 g/mol. The number of alkyl halides is 3. The maximum absolute atomic E-state index is 12.1. The number of nitrogens with zero attached hydrogens (tertiary/aromatic N) is 1. The number of rotatable bonds is 7.